The molecular formula is C16H36N2O. The number of aliphatic hydroxyl groups is 1. The Bertz CT molecular complexity index is 203. The SMILES string of the molecule is CCC(CC)(CNC(C)C)CN(C)CCCCCO. The lowest BCUT2D eigenvalue weighted by molar-refractivity contribution is 0.150. The summed E-state index contributed by atoms with van der Waals surface area (Å²) in [5.41, 5.74) is 0.399. The molecule has 0 spiro atoms. The van der Waals surface area contributed by atoms with Crippen LogP contribution in [-0.2, 0) is 0 Å². The van der Waals surface area contributed by atoms with Gasteiger partial charge in [0, 0.05) is 25.7 Å². The van der Waals surface area contributed by atoms with Crippen molar-refractivity contribution in [2.24, 2.45) is 5.41 Å². The van der Waals surface area contributed by atoms with Crippen LogP contribution in [-0.4, -0.2) is 49.3 Å². The Morgan fingerprint density at radius 2 is 1.74 bits per heavy atom. The van der Waals surface area contributed by atoms with E-state index in [1.165, 1.54) is 25.8 Å². The average Bonchev–Trinajstić information content (AvgIpc) is 2.39. The molecule has 0 aliphatic heterocycles. The lowest BCUT2D eigenvalue weighted by atomic mass is 9.81. The monoisotopic (exact) mass is 272 g/mol. The number of aliphatic hydroxyl groups excluding tert-OH is 1. The molecule has 0 saturated carbocycles. The topological polar surface area (TPSA) is 35.5 Å². The first kappa shape index (κ1) is 18.9. The van der Waals surface area contributed by atoms with Crippen LogP contribution < -0.4 is 5.32 Å². The van der Waals surface area contributed by atoms with Crippen LogP contribution in [0.4, 0.5) is 0 Å². The van der Waals surface area contributed by atoms with Gasteiger partial charge in [0.2, 0.25) is 0 Å². The molecule has 0 unspecified atom stereocenters. The molecule has 0 saturated heterocycles. The molecule has 0 aliphatic carbocycles. The minimum Gasteiger partial charge on any atom is -0.396 e. The van der Waals surface area contributed by atoms with Gasteiger partial charge in [-0.3, -0.25) is 0 Å². The molecule has 2 N–H and O–H groups in total. The third-order valence-electron chi connectivity index (χ3n) is 4.19. The molecule has 3 nitrogen and oxygen atoms in total. The molecule has 0 bridgehead atoms. The largest absolute Gasteiger partial charge is 0.396 e. The summed E-state index contributed by atoms with van der Waals surface area (Å²) in [6.07, 6.45) is 5.72. The standard InChI is InChI=1S/C16H36N2O/c1-6-16(7-2,13-17-15(3)4)14-18(5)11-9-8-10-12-19/h15,17,19H,6-14H2,1-5H3. The first-order valence-corrected chi connectivity index (χ1v) is 8.02. The van der Waals surface area contributed by atoms with Crippen molar-refractivity contribution in [3.05, 3.63) is 0 Å². The van der Waals surface area contributed by atoms with Crippen LogP contribution >= 0.6 is 0 Å². The molecule has 0 aromatic rings. The van der Waals surface area contributed by atoms with Crippen molar-refractivity contribution in [1.29, 1.82) is 0 Å². The molecule has 0 atom stereocenters. The van der Waals surface area contributed by atoms with Crippen molar-refractivity contribution in [3.63, 3.8) is 0 Å². The quantitative estimate of drug-likeness (QED) is 0.536. The average molecular weight is 272 g/mol. The van der Waals surface area contributed by atoms with E-state index in [-0.39, 0.29) is 0 Å². The smallest absolute Gasteiger partial charge is 0.0431 e. The lowest BCUT2D eigenvalue weighted by Crippen LogP contribution is -2.44. The van der Waals surface area contributed by atoms with Gasteiger partial charge in [-0.05, 0) is 51.1 Å². The fourth-order valence-corrected chi connectivity index (χ4v) is 2.52. The molecule has 116 valence electrons. The zero-order valence-electron chi connectivity index (χ0n) is 13.8. The fraction of sp³-hybridized carbons (Fsp3) is 1.00. The second-order valence-electron chi connectivity index (χ2n) is 6.26. The van der Waals surface area contributed by atoms with E-state index in [4.69, 9.17) is 5.11 Å². The van der Waals surface area contributed by atoms with E-state index in [1.54, 1.807) is 0 Å². The maximum Gasteiger partial charge on any atom is 0.0431 e. The summed E-state index contributed by atoms with van der Waals surface area (Å²) in [4.78, 5) is 2.46. The van der Waals surface area contributed by atoms with Crippen molar-refractivity contribution in [2.75, 3.05) is 33.3 Å². The van der Waals surface area contributed by atoms with Crippen LogP contribution in [0.5, 0.6) is 0 Å². The minimum absolute atomic E-state index is 0.329. The van der Waals surface area contributed by atoms with Crippen molar-refractivity contribution >= 4 is 0 Å². The van der Waals surface area contributed by atoms with Gasteiger partial charge >= 0.3 is 0 Å². The molecule has 19 heavy (non-hydrogen) atoms. The summed E-state index contributed by atoms with van der Waals surface area (Å²) in [6.45, 7) is 12.8. The molecule has 0 radical (unpaired) electrons. The highest BCUT2D eigenvalue weighted by atomic mass is 16.2. The summed E-state index contributed by atoms with van der Waals surface area (Å²) in [6, 6.07) is 0.562. The van der Waals surface area contributed by atoms with Crippen LogP contribution in [0.15, 0.2) is 0 Å². The maximum absolute atomic E-state index is 8.79. The molecule has 0 aromatic carbocycles. The van der Waals surface area contributed by atoms with E-state index in [1.807, 2.05) is 0 Å². The van der Waals surface area contributed by atoms with E-state index in [0.29, 0.717) is 18.1 Å². The highest BCUT2D eigenvalue weighted by Gasteiger charge is 2.27. The van der Waals surface area contributed by atoms with E-state index in [2.05, 4.69) is 45.0 Å². The fourth-order valence-electron chi connectivity index (χ4n) is 2.52. The Hall–Kier alpha value is -0.120. The Labute approximate surface area is 120 Å². The van der Waals surface area contributed by atoms with Gasteiger partial charge in [-0.15, -0.1) is 0 Å². The van der Waals surface area contributed by atoms with Crippen LogP contribution in [0.3, 0.4) is 0 Å². The van der Waals surface area contributed by atoms with Gasteiger partial charge in [-0.2, -0.15) is 0 Å². The number of unbranched alkanes of at least 4 members (excludes halogenated alkanes) is 2. The molecular weight excluding hydrogens is 236 g/mol. The maximum atomic E-state index is 8.79. The number of rotatable bonds is 12. The van der Waals surface area contributed by atoms with E-state index in [0.717, 1.165) is 25.9 Å². The zero-order chi connectivity index (χ0) is 14.7. The van der Waals surface area contributed by atoms with Gasteiger partial charge in [0.1, 0.15) is 0 Å². The highest BCUT2D eigenvalue weighted by molar-refractivity contribution is 4.82. The number of nitrogens with zero attached hydrogens (tertiary/aromatic N) is 1. The molecule has 0 rings (SSSR count). The zero-order valence-corrected chi connectivity index (χ0v) is 13.8. The number of nitrogens with one attached hydrogen (secondary N) is 1. The molecule has 0 fully saturated rings. The van der Waals surface area contributed by atoms with Gasteiger partial charge in [0.15, 0.2) is 0 Å². The van der Waals surface area contributed by atoms with E-state index >= 15 is 0 Å². The summed E-state index contributed by atoms with van der Waals surface area (Å²) in [7, 11) is 2.23. The molecule has 0 aliphatic rings. The summed E-state index contributed by atoms with van der Waals surface area (Å²) < 4.78 is 0. The van der Waals surface area contributed by atoms with Crippen molar-refractivity contribution in [2.45, 2.75) is 65.8 Å². The summed E-state index contributed by atoms with van der Waals surface area (Å²) in [5, 5.41) is 12.4. The Morgan fingerprint density at radius 1 is 1.11 bits per heavy atom. The predicted octanol–water partition coefficient (Wildman–Crippen LogP) is 2.89. The second-order valence-corrected chi connectivity index (χ2v) is 6.26. The van der Waals surface area contributed by atoms with Gasteiger partial charge in [0.05, 0.1) is 0 Å². The predicted molar refractivity (Wildman–Crippen MR) is 84.6 cm³/mol. The normalized spacial score (nSPS) is 12.6. The van der Waals surface area contributed by atoms with E-state index < -0.39 is 0 Å². The Morgan fingerprint density at radius 3 is 2.21 bits per heavy atom. The Kier molecular flexibility index (Phi) is 10.6. The summed E-state index contributed by atoms with van der Waals surface area (Å²) in [5.74, 6) is 0. The first-order valence-electron chi connectivity index (χ1n) is 8.02. The Balaban J connectivity index is 4.15. The van der Waals surface area contributed by atoms with Crippen molar-refractivity contribution < 1.29 is 5.11 Å². The van der Waals surface area contributed by atoms with E-state index in [9.17, 15) is 0 Å². The third kappa shape index (κ3) is 8.61. The third-order valence-corrected chi connectivity index (χ3v) is 4.19. The van der Waals surface area contributed by atoms with Crippen LogP contribution in [0.1, 0.15) is 59.8 Å². The second kappa shape index (κ2) is 10.6. The number of hydrogen-bond donors (Lipinski definition) is 2. The first-order chi connectivity index (χ1) is 8.99. The van der Waals surface area contributed by atoms with Gasteiger partial charge < -0.3 is 15.3 Å². The highest BCUT2D eigenvalue weighted by Crippen LogP contribution is 2.26. The van der Waals surface area contributed by atoms with Gasteiger partial charge in [0.25, 0.3) is 0 Å². The van der Waals surface area contributed by atoms with Gasteiger partial charge in [-0.1, -0.05) is 27.7 Å². The minimum atomic E-state index is 0.329. The summed E-state index contributed by atoms with van der Waals surface area (Å²) >= 11 is 0. The van der Waals surface area contributed by atoms with Crippen molar-refractivity contribution in [3.8, 4) is 0 Å². The van der Waals surface area contributed by atoms with Crippen LogP contribution in [0.25, 0.3) is 0 Å². The molecule has 0 heterocycles. The van der Waals surface area contributed by atoms with Crippen molar-refractivity contribution in [1.82, 2.24) is 10.2 Å². The van der Waals surface area contributed by atoms with Gasteiger partial charge in [-0.25, -0.2) is 0 Å². The number of hydrogen-bond acceptors (Lipinski definition) is 3. The molecule has 3 heteroatoms. The molecule has 0 amide bonds. The van der Waals surface area contributed by atoms with Crippen LogP contribution in [0, 0.1) is 5.41 Å². The molecule has 0 aromatic heterocycles. The van der Waals surface area contributed by atoms with Crippen LogP contribution in [0.2, 0.25) is 0 Å². The lowest BCUT2D eigenvalue weighted by Gasteiger charge is -2.36.